The van der Waals surface area contributed by atoms with Gasteiger partial charge in [-0.2, -0.15) is 0 Å². The highest BCUT2D eigenvalue weighted by Gasteiger charge is 2.34. The molecule has 0 radical (unpaired) electrons. The summed E-state index contributed by atoms with van der Waals surface area (Å²) >= 11 is 6.13. The Balaban J connectivity index is 2.12. The minimum Gasteiger partial charge on any atom is -0.254 e. The first-order valence-corrected chi connectivity index (χ1v) is 5.01. The van der Waals surface area contributed by atoms with Gasteiger partial charge in [-0.25, -0.2) is 5.01 Å². The monoisotopic (exact) mass is 194 g/mol. The maximum Gasteiger partial charge on any atom is 0.0513 e. The van der Waals surface area contributed by atoms with Gasteiger partial charge >= 0.3 is 0 Å². The van der Waals surface area contributed by atoms with Crippen LogP contribution in [0.2, 0.25) is 5.02 Å². The molecular weight excluding hydrogens is 184 g/mol. The van der Waals surface area contributed by atoms with E-state index in [4.69, 9.17) is 11.6 Å². The number of hydrogen-bond donors (Lipinski definition) is 1. The molecule has 1 N–H and O–H groups in total. The third-order valence-corrected chi connectivity index (χ3v) is 3.31. The van der Waals surface area contributed by atoms with Crippen molar-refractivity contribution in [1.82, 2.24) is 10.4 Å². The predicted octanol–water partition coefficient (Wildman–Crippen LogP) is 2.10. The van der Waals surface area contributed by atoms with Crippen molar-refractivity contribution in [1.29, 1.82) is 0 Å². The molecule has 1 saturated heterocycles. The predicted molar refractivity (Wildman–Crippen MR) is 52.4 cm³/mol. The van der Waals surface area contributed by atoms with Gasteiger partial charge in [0.25, 0.3) is 0 Å². The van der Waals surface area contributed by atoms with E-state index in [1.54, 1.807) is 0 Å². The van der Waals surface area contributed by atoms with Gasteiger partial charge in [0, 0.05) is 18.1 Å². The van der Waals surface area contributed by atoms with Gasteiger partial charge in [0.2, 0.25) is 0 Å². The Morgan fingerprint density at radius 1 is 1.46 bits per heavy atom. The molecule has 3 rings (SSSR count). The van der Waals surface area contributed by atoms with E-state index in [1.165, 1.54) is 17.5 Å². The fourth-order valence-electron chi connectivity index (χ4n) is 2.33. The highest BCUT2D eigenvalue weighted by atomic mass is 35.5. The number of benzene rings is 1. The van der Waals surface area contributed by atoms with E-state index >= 15 is 0 Å². The van der Waals surface area contributed by atoms with Crippen LogP contribution >= 0.6 is 11.6 Å². The second kappa shape index (κ2) is 2.71. The molecule has 1 fully saturated rings. The lowest BCUT2D eigenvalue weighted by Crippen LogP contribution is -2.27. The fraction of sp³-hybridized carbons (Fsp3) is 0.400. The number of fused-ring (bicyclic) bond motifs is 3. The van der Waals surface area contributed by atoms with E-state index in [-0.39, 0.29) is 0 Å². The van der Waals surface area contributed by atoms with E-state index in [0.717, 1.165) is 18.1 Å². The Morgan fingerprint density at radius 3 is 3.31 bits per heavy atom. The molecule has 0 amide bonds. The standard InChI is InChI=1S/C10H11ClN2/c11-9-3-1-2-7-8(9)6-13-10(7)4-5-12-13/h1-3,10,12H,4-6H2. The summed E-state index contributed by atoms with van der Waals surface area (Å²) in [4.78, 5) is 0. The van der Waals surface area contributed by atoms with Crippen LogP contribution < -0.4 is 5.43 Å². The van der Waals surface area contributed by atoms with E-state index in [1.807, 2.05) is 12.1 Å². The number of hydrazine groups is 1. The number of halogens is 1. The number of nitrogens with one attached hydrogen (secondary N) is 1. The Labute approximate surface area is 82.5 Å². The van der Waals surface area contributed by atoms with Gasteiger partial charge in [0.05, 0.1) is 6.04 Å². The molecule has 2 heterocycles. The van der Waals surface area contributed by atoms with Crippen LogP contribution in [0.1, 0.15) is 23.6 Å². The molecule has 0 spiro atoms. The molecule has 0 aromatic heterocycles. The van der Waals surface area contributed by atoms with Gasteiger partial charge < -0.3 is 0 Å². The molecule has 68 valence electrons. The van der Waals surface area contributed by atoms with Crippen molar-refractivity contribution < 1.29 is 0 Å². The van der Waals surface area contributed by atoms with Gasteiger partial charge in [0.15, 0.2) is 0 Å². The molecule has 2 nitrogen and oxygen atoms in total. The SMILES string of the molecule is Clc1cccc2c1CN1NCCC21. The molecule has 0 aliphatic carbocycles. The molecular formula is C10H11ClN2. The summed E-state index contributed by atoms with van der Waals surface area (Å²) in [5.74, 6) is 0. The first-order valence-electron chi connectivity index (χ1n) is 4.64. The first-order chi connectivity index (χ1) is 6.36. The zero-order valence-electron chi connectivity index (χ0n) is 7.26. The molecule has 0 bridgehead atoms. The van der Waals surface area contributed by atoms with Crippen molar-refractivity contribution in [3.63, 3.8) is 0 Å². The number of nitrogens with zero attached hydrogens (tertiary/aromatic N) is 1. The van der Waals surface area contributed by atoms with Crippen LogP contribution in [0.15, 0.2) is 18.2 Å². The molecule has 3 heteroatoms. The molecule has 2 aliphatic heterocycles. The third kappa shape index (κ3) is 1.03. The van der Waals surface area contributed by atoms with Gasteiger partial charge in [-0.3, -0.25) is 5.43 Å². The summed E-state index contributed by atoms with van der Waals surface area (Å²) in [7, 11) is 0. The van der Waals surface area contributed by atoms with Gasteiger partial charge in [0.1, 0.15) is 0 Å². The van der Waals surface area contributed by atoms with Crippen LogP contribution in [0.3, 0.4) is 0 Å². The van der Waals surface area contributed by atoms with Crippen LogP contribution in [-0.4, -0.2) is 11.6 Å². The lowest BCUT2D eigenvalue weighted by Gasteiger charge is -2.13. The normalized spacial score (nSPS) is 26.1. The highest BCUT2D eigenvalue weighted by Crippen LogP contribution is 2.39. The van der Waals surface area contributed by atoms with Gasteiger partial charge in [-0.05, 0) is 23.6 Å². The van der Waals surface area contributed by atoms with Gasteiger partial charge in [-0.15, -0.1) is 0 Å². The maximum absolute atomic E-state index is 6.13. The summed E-state index contributed by atoms with van der Waals surface area (Å²) in [6.45, 7) is 2.05. The number of hydrogen-bond acceptors (Lipinski definition) is 2. The Morgan fingerprint density at radius 2 is 2.38 bits per heavy atom. The zero-order chi connectivity index (χ0) is 8.84. The Bertz CT molecular complexity index is 351. The second-order valence-electron chi connectivity index (χ2n) is 3.65. The maximum atomic E-state index is 6.13. The van der Waals surface area contributed by atoms with Gasteiger partial charge in [-0.1, -0.05) is 23.7 Å². The van der Waals surface area contributed by atoms with Crippen LogP contribution in [0, 0.1) is 0 Å². The minimum absolute atomic E-state index is 0.564. The van der Waals surface area contributed by atoms with Crippen molar-refractivity contribution in [3.8, 4) is 0 Å². The summed E-state index contributed by atoms with van der Waals surface area (Å²) in [6.07, 6.45) is 1.20. The van der Waals surface area contributed by atoms with Crippen molar-refractivity contribution in [2.45, 2.75) is 19.0 Å². The molecule has 1 aromatic carbocycles. The fourth-order valence-corrected chi connectivity index (χ4v) is 2.57. The van der Waals surface area contributed by atoms with Crippen LogP contribution in [0.25, 0.3) is 0 Å². The summed E-state index contributed by atoms with van der Waals surface area (Å²) in [6, 6.07) is 6.78. The summed E-state index contributed by atoms with van der Waals surface area (Å²) < 4.78 is 0. The van der Waals surface area contributed by atoms with E-state index < -0.39 is 0 Å². The summed E-state index contributed by atoms with van der Waals surface area (Å²) in [5, 5.41) is 3.20. The minimum atomic E-state index is 0.564. The number of rotatable bonds is 0. The van der Waals surface area contributed by atoms with Crippen molar-refractivity contribution in [2.75, 3.05) is 6.54 Å². The van der Waals surface area contributed by atoms with E-state index in [9.17, 15) is 0 Å². The van der Waals surface area contributed by atoms with Crippen LogP contribution in [0.4, 0.5) is 0 Å². The van der Waals surface area contributed by atoms with Crippen molar-refractivity contribution >= 4 is 11.6 Å². The quantitative estimate of drug-likeness (QED) is 0.681. The molecule has 0 saturated carbocycles. The molecule has 1 atom stereocenters. The molecule has 1 aromatic rings. The second-order valence-corrected chi connectivity index (χ2v) is 4.06. The molecule has 1 unspecified atom stereocenters. The Kier molecular flexibility index (Phi) is 1.62. The molecule has 2 aliphatic rings. The molecule has 13 heavy (non-hydrogen) atoms. The lowest BCUT2D eigenvalue weighted by atomic mass is 10.0. The third-order valence-electron chi connectivity index (χ3n) is 2.95. The van der Waals surface area contributed by atoms with Crippen LogP contribution in [0.5, 0.6) is 0 Å². The van der Waals surface area contributed by atoms with E-state index in [2.05, 4.69) is 16.5 Å². The smallest absolute Gasteiger partial charge is 0.0513 e. The lowest BCUT2D eigenvalue weighted by molar-refractivity contribution is 0.204. The highest BCUT2D eigenvalue weighted by molar-refractivity contribution is 6.31. The first kappa shape index (κ1) is 7.80. The average Bonchev–Trinajstić information content (AvgIpc) is 2.65. The zero-order valence-corrected chi connectivity index (χ0v) is 8.01. The topological polar surface area (TPSA) is 15.3 Å². The van der Waals surface area contributed by atoms with E-state index in [0.29, 0.717) is 6.04 Å². The Hall–Kier alpha value is -0.570. The van der Waals surface area contributed by atoms with Crippen molar-refractivity contribution in [2.24, 2.45) is 0 Å². The van der Waals surface area contributed by atoms with Crippen molar-refractivity contribution in [3.05, 3.63) is 34.3 Å². The average molecular weight is 195 g/mol. The van der Waals surface area contributed by atoms with Crippen LogP contribution in [-0.2, 0) is 6.54 Å². The summed E-state index contributed by atoms with van der Waals surface area (Å²) in [5.41, 5.74) is 6.09. The largest absolute Gasteiger partial charge is 0.254 e.